The van der Waals surface area contributed by atoms with Gasteiger partial charge in [0, 0.05) is 12.5 Å². The van der Waals surface area contributed by atoms with Crippen LogP contribution in [0.25, 0.3) is 5.57 Å². The van der Waals surface area contributed by atoms with E-state index in [0.717, 1.165) is 16.7 Å². The zero-order valence-electron chi connectivity index (χ0n) is 19.3. The number of sulfonamides is 1. The molecule has 0 spiro atoms. The quantitative estimate of drug-likeness (QED) is 0.549. The molecule has 6 nitrogen and oxygen atoms in total. The van der Waals surface area contributed by atoms with Crippen LogP contribution in [0.3, 0.4) is 0 Å². The van der Waals surface area contributed by atoms with Gasteiger partial charge in [0.15, 0.2) is 0 Å². The maximum Gasteiger partial charge on any atom is 0.305 e. The van der Waals surface area contributed by atoms with Crippen LogP contribution in [0.5, 0.6) is 5.75 Å². The number of hydrogen-bond acceptors (Lipinski definition) is 5. The second-order valence-electron chi connectivity index (χ2n) is 8.22. The van der Waals surface area contributed by atoms with E-state index >= 15 is 0 Å². The van der Waals surface area contributed by atoms with E-state index in [2.05, 4.69) is 6.58 Å². The maximum atomic E-state index is 14.0. The van der Waals surface area contributed by atoms with E-state index in [1.807, 2.05) is 44.2 Å². The number of carbonyl (C=O) groups excluding carboxylic acids is 1. The van der Waals surface area contributed by atoms with Gasteiger partial charge in [0.25, 0.3) is 0 Å². The van der Waals surface area contributed by atoms with Crippen LogP contribution in [0, 0.1) is 20.8 Å². The lowest BCUT2D eigenvalue weighted by atomic mass is 9.85. The Bertz CT molecular complexity index is 1120. The summed E-state index contributed by atoms with van der Waals surface area (Å²) in [6, 6.07) is 10.7. The molecule has 2 aromatic carbocycles. The van der Waals surface area contributed by atoms with Crippen molar-refractivity contribution in [2.24, 2.45) is 0 Å². The second kappa shape index (κ2) is 9.46. The molecule has 0 amide bonds. The average Bonchev–Trinajstić information content (AvgIpc) is 2.75. The SMILES string of the molecule is C=C(c1ccccc1)[C@@H]1C[C@H](CCC(=O)OC)N1S(=O)(=O)c1c(C)cc(OC)c(C)c1C. The summed E-state index contributed by atoms with van der Waals surface area (Å²) in [6.07, 6.45) is 1.17. The van der Waals surface area contributed by atoms with E-state index < -0.39 is 10.0 Å². The van der Waals surface area contributed by atoms with Gasteiger partial charge in [0.05, 0.1) is 25.2 Å². The standard InChI is InChI=1S/C25H31NO5S/c1-16-14-23(30-5)17(2)18(3)25(16)32(28,29)26-21(12-13-24(27)31-6)15-22(26)19(4)20-10-8-7-9-11-20/h7-11,14,21-22H,4,12-13,15H2,1-3,5-6H3/t21-,22-/m0/s1. The van der Waals surface area contributed by atoms with E-state index in [0.29, 0.717) is 34.6 Å². The van der Waals surface area contributed by atoms with Crippen molar-refractivity contribution in [2.45, 2.75) is 57.0 Å². The molecule has 32 heavy (non-hydrogen) atoms. The number of aryl methyl sites for hydroxylation is 1. The summed E-state index contributed by atoms with van der Waals surface area (Å²) in [7, 11) is -0.937. The number of methoxy groups -OCH3 is 2. The fourth-order valence-electron chi connectivity index (χ4n) is 4.45. The van der Waals surface area contributed by atoms with E-state index in [-0.39, 0.29) is 24.5 Å². The van der Waals surface area contributed by atoms with Crippen LogP contribution >= 0.6 is 0 Å². The maximum absolute atomic E-state index is 14.0. The number of nitrogens with zero attached hydrogens (tertiary/aromatic N) is 1. The van der Waals surface area contributed by atoms with Crippen LogP contribution in [0.2, 0.25) is 0 Å². The van der Waals surface area contributed by atoms with E-state index in [4.69, 9.17) is 9.47 Å². The fraction of sp³-hybridized carbons (Fsp3) is 0.400. The van der Waals surface area contributed by atoms with Gasteiger partial charge in [0.2, 0.25) is 10.0 Å². The van der Waals surface area contributed by atoms with Crippen LogP contribution in [0.15, 0.2) is 47.9 Å². The molecule has 0 radical (unpaired) electrons. The van der Waals surface area contributed by atoms with Crippen LogP contribution in [-0.4, -0.2) is 45.0 Å². The minimum absolute atomic E-state index is 0.164. The van der Waals surface area contributed by atoms with Gasteiger partial charge in [-0.05, 0) is 67.5 Å². The third-order valence-corrected chi connectivity index (χ3v) is 8.60. The van der Waals surface area contributed by atoms with Crippen molar-refractivity contribution < 1.29 is 22.7 Å². The molecule has 0 aliphatic carbocycles. The molecule has 0 saturated carbocycles. The topological polar surface area (TPSA) is 72.9 Å². The van der Waals surface area contributed by atoms with Crippen LogP contribution in [-0.2, 0) is 19.6 Å². The third-order valence-electron chi connectivity index (χ3n) is 6.35. The highest BCUT2D eigenvalue weighted by molar-refractivity contribution is 7.89. The predicted octanol–water partition coefficient (Wildman–Crippen LogP) is 4.42. The van der Waals surface area contributed by atoms with E-state index in [1.165, 1.54) is 11.4 Å². The number of benzene rings is 2. The third kappa shape index (κ3) is 4.32. The average molecular weight is 458 g/mol. The van der Waals surface area contributed by atoms with Crippen molar-refractivity contribution in [3.05, 3.63) is 65.2 Å². The second-order valence-corrected chi connectivity index (χ2v) is 10.0. The first kappa shape index (κ1) is 24.0. The molecule has 172 valence electrons. The normalized spacial score (nSPS) is 18.7. The highest BCUT2D eigenvalue weighted by atomic mass is 32.2. The minimum Gasteiger partial charge on any atom is -0.496 e. The van der Waals surface area contributed by atoms with Gasteiger partial charge in [-0.1, -0.05) is 36.9 Å². The van der Waals surface area contributed by atoms with Crippen molar-refractivity contribution in [2.75, 3.05) is 14.2 Å². The Kier molecular flexibility index (Phi) is 7.10. The Labute approximate surface area is 190 Å². The summed E-state index contributed by atoms with van der Waals surface area (Å²) in [5.41, 5.74) is 3.76. The van der Waals surface area contributed by atoms with Gasteiger partial charge in [-0.3, -0.25) is 4.79 Å². The molecule has 0 aromatic heterocycles. The number of rotatable bonds is 8. The summed E-state index contributed by atoms with van der Waals surface area (Å²) in [5, 5.41) is 0. The van der Waals surface area contributed by atoms with Crippen LogP contribution in [0.1, 0.15) is 41.5 Å². The molecule has 7 heteroatoms. The first-order chi connectivity index (χ1) is 15.1. The monoisotopic (exact) mass is 457 g/mol. The molecule has 1 fully saturated rings. The zero-order valence-corrected chi connectivity index (χ0v) is 20.2. The highest BCUT2D eigenvalue weighted by Gasteiger charge is 2.48. The number of hydrogen-bond donors (Lipinski definition) is 0. The van der Waals surface area contributed by atoms with Crippen LogP contribution < -0.4 is 4.74 Å². The molecule has 1 heterocycles. The Morgan fingerprint density at radius 1 is 1.12 bits per heavy atom. The fourth-order valence-corrected chi connectivity index (χ4v) is 6.80. The van der Waals surface area contributed by atoms with Crippen LogP contribution in [0.4, 0.5) is 0 Å². The van der Waals surface area contributed by atoms with Gasteiger partial charge in [-0.25, -0.2) is 8.42 Å². The first-order valence-corrected chi connectivity index (χ1v) is 12.1. The molecule has 0 N–H and O–H groups in total. The summed E-state index contributed by atoms with van der Waals surface area (Å²) >= 11 is 0. The van der Waals surface area contributed by atoms with Gasteiger partial charge in [-0.15, -0.1) is 0 Å². The first-order valence-electron chi connectivity index (χ1n) is 10.6. The van der Waals surface area contributed by atoms with Crippen molar-refractivity contribution in [1.82, 2.24) is 4.31 Å². The van der Waals surface area contributed by atoms with Crippen molar-refractivity contribution in [1.29, 1.82) is 0 Å². The lowest BCUT2D eigenvalue weighted by Crippen LogP contribution is -2.58. The Hall–Kier alpha value is -2.64. The van der Waals surface area contributed by atoms with Crippen molar-refractivity contribution in [3.8, 4) is 5.75 Å². The summed E-state index contributed by atoms with van der Waals surface area (Å²) < 4.78 is 39.7. The zero-order chi connectivity index (χ0) is 23.6. The van der Waals surface area contributed by atoms with Gasteiger partial charge in [-0.2, -0.15) is 4.31 Å². The number of carbonyl (C=O) groups is 1. The Morgan fingerprint density at radius 3 is 2.38 bits per heavy atom. The highest BCUT2D eigenvalue weighted by Crippen LogP contribution is 2.43. The molecule has 0 bridgehead atoms. The lowest BCUT2D eigenvalue weighted by molar-refractivity contribution is -0.141. The van der Waals surface area contributed by atoms with E-state index in [1.54, 1.807) is 20.1 Å². The summed E-state index contributed by atoms with van der Waals surface area (Å²) in [6.45, 7) is 9.67. The number of esters is 1. The molecule has 2 aromatic rings. The smallest absolute Gasteiger partial charge is 0.305 e. The summed E-state index contributed by atoms with van der Waals surface area (Å²) in [4.78, 5) is 12.0. The van der Waals surface area contributed by atoms with Gasteiger partial charge < -0.3 is 9.47 Å². The molecule has 1 aliphatic heterocycles. The molecule has 0 unspecified atom stereocenters. The molecular formula is C25H31NO5S. The molecule has 1 saturated heterocycles. The summed E-state index contributed by atoms with van der Waals surface area (Å²) in [5.74, 6) is 0.315. The molecule has 2 atom stereocenters. The Balaban J connectivity index is 2.04. The van der Waals surface area contributed by atoms with Crippen molar-refractivity contribution in [3.63, 3.8) is 0 Å². The van der Waals surface area contributed by atoms with Gasteiger partial charge in [0.1, 0.15) is 5.75 Å². The largest absolute Gasteiger partial charge is 0.496 e. The predicted molar refractivity (Wildman–Crippen MR) is 125 cm³/mol. The van der Waals surface area contributed by atoms with Gasteiger partial charge >= 0.3 is 5.97 Å². The molecular weight excluding hydrogens is 426 g/mol. The number of ether oxygens (including phenoxy) is 2. The van der Waals surface area contributed by atoms with E-state index in [9.17, 15) is 13.2 Å². The minimum atomic E-state index is -3.85. The van der Waals surface area contributed by atoms with Crippen molar-refractivity contribution >= 4 is 21.6 Å². The molecule has 1 aliphatic rings. The lowest BCUT2D eigenvalue weighted by Gasteiger charge is -2.48. The molecule has 3 rings (SSSR count). The Morgan fingerprint density at radius 2 is 1.78 bits per heavy atom.